The van der Waals surface area contributed by atoms with E-state index in [-0.39, 0.29) is 29.0 Å². The van der Waals surface area contributed by atoms with Crippen LogP contribution in [0.4, 0.5) is 4.79 Å². The monoisotopic (exact) mass is 496 g/mol. The highest BCUT2D eigenvalue weighted by Gasteiger charge is 2.31. The normalized spacial score (nSPS) is 19.2. The molecule has 1 aromatic carbocycles. The summed E-state index contributed by atoms with van der Waals surface area (Å²) in [7, 11) is -3.66. The molecule has 2 aliphatic heterocycles. The highest BCUT2D eigenvalue weighted by molar-refractivity contribution is 7.89. The minimum atomic E-state index is -3.66. The molecule has 3 heterocycles. The molecule has 2 fully saturated rings. The van der Waals surface area contributed by atoms with Crippen molar-refractivity contribution in [3.8, 4) is 0 Å². The lowest BCUT2D eigenvalue weighted by molar-refractivity contribution is 0.159. The predicted molar refractivity (Wildman–Crippen MR) is 128 cm³/mol. The van der Waals surface area contributed by atoms with Gasteiger partial charge in [-0.05, 0) is 55.4 Å². The summed E-state index contributed by atoms with van der Waals surface area (Å²) in [5, 5.41) is 5.39. The zero-order chi connectivity index (χ0) is 22.6. The lowest BCUT2D eigenvalue weighted by Crippen LogP contribution is -2.53. The van der Waals surface area contributed by atoms with Crippen molar-refractivity contribution in [1.29, 1.82) is 0 Å². The molecule has 2 aliphatic rings. The Morgan fingerprint density at radius 2 is 1.75 bits per heavy atom. The fraction of sp³-hybridized carbons (Fsp3) is 0.500. The van der Waals surface area contributed by atoms with Crippen molar-refractivity contribution in [2.75, 3.05) is 45.8 Å². The van der Waals surface area contributed by atoms with Crippen LogP contribution in [0.3, 0.4) is 0 Å². The third-order valence-corrected chi connectivity index (χ3v) is 9.45. The van der Waals surface area contributed by atoms with Crippen molar-refractivity contribution in [3.05, 3.63) is 51.7 Å². The Morgan fingerprint density at radius 1 is 1.03 bits per heavy atom. The summed E-state index contributed by atoms with van der Waals surface area (Å²) in [6, 6.07) is 10.6. The molecule has 0 radical (unpaired) electrons. The van der Waals surface area contributed by atoms with E-state index in [4.69, 9.17) is 11.6 Å². The van der Waals surface area contributed by atoms with Gasteiger partial charge < -0.3 is 10.2 Å². The number of benzene rings is 1. The Morgan fingerprint density at radius 3 is 2.41 bits per heavy atom. The smallest absolute Gasteiger partial charge is 0.317 e. The molecule has 0 bridgehead atoms. The summed E-state index contributed by atoms with van der Waals surface area (Å²) in [5.74, 6) is 0.487. The molecule has 4 rings (SSSR count). The van der Waals surface area contributed by atoms with Crippen molar-refractivity contribution in [2.45, 2.75) is 24.3 Å². The third kappa shape index (κ3) is 5.63. The van der Waals surface area contributed by atoms with E-state index in [9.17, 15) is 13.2 Å². The van der Waals surface area contributed by atoms with E-state index >= 15 is 0 Å². The van der Waals surface area contributed by atoms with Crippen LogP contribution in [0.1, 0.15) is 17.7 Å². The van der Waals surface area contributed by atoms with Gasteiger partial charge in [-0.2, -0.15) is 4.31 Å². The van der Waals surface area contributed by atoms with Gasteiger partial charge in [0.25, 0.3) is 0 Å². The van der Waals surface area contributed by atoms with E-state index in [1.807, 2.05) is 0 Å². The molecule has 0 unspecified atom stereocenters. The lowest BCUT2D eigenvalue weighted by atomic mass is 9.97. The van der Waals surface area contributed by atoms with Crippen LogP contribution in [-0.4, -0.2) is 74.4 Å². The van der Waals surface area contributed by atoms with Crippen LogP contribution in [0, 0.1) is 5.92 Å². The van der Waals surface area contributed by atoms with E-state index < -0.39 is 10.0 Å². The number of thiophene rings is 1. The van der Waals surface area contributed by atoms with Crippen molar-refractivity contribution in [3.63, 3.8) is 0 Å². The lowest BCUT2D eigenvalue weighted by Gasteiger charge is -2.35. The molecule has 0 atom stereocenters. The Bertz CT molecular complexity index is 1000. The maximum atomic E-state index is 12.9. The molecule has 1 aromatic heterocycles. The van der Waals surface area contributed by atoms with Gasteiger partial charge in [0, 0.05) is 44.1 Å². The van der Waals surface area contributed by atoms with Gasteiger partial charge in [0.05, 0.1) is 5.02 Å². The van der Waals surface area contributed by atoms with Crippen molar-refractivity contribution >= 4 is 39.0 Å². The number of rotatable bonds is 6. The van der Waals surface area contributed by atoms with Crippen LogP contribution in [-0.2, 0) is 16.6 Å². The number of carbonyl (C=O) groups excluding carboxylic acids is 1. The van der Waals surface area contributed by atoms with E-state index in [0.717, 1.165) is 32.5 Å². The number of carbonyl (C=O) groups is 1. The highest BCUT2D eigenvalue weighted by Crippen LogP contribution is 2.25. The second-order valence-corrected chi connectivity index (χ2v) is 11.7. The second-order valence-electron chi connectivity index (χ2n) is 8.31. The standard InChI is InChI=1S/C22H29ClN4O3S2/c23-20-5-1-2-6-21(20)32(29,30)27-13-11-26(12-14-27)22(28)24-16-18-7-9-25(10-8-18)17-19-4-3-15-31-19/h1-6,15,18H,7-14,16-17H2,(H,24,28). The summed E-state index contributed by atoms with van der Waals surface area (Å²) >= 11 is 7.88. The maximum Gasteiger partial charge on any atom is 0.317 e. The van der Waals surface area contributed by atoms with Gasteiger partial charge in [-0.25, -0.2) is 13.2 Å². The fourth-order valence-electron chi connectivity index (χ4n) is 4.24. The number of hydrogen-bond donors (Lipinski definition) is 1. The molecular formula is C22H29ClN4O3S2. The Labute approximate surface area is 199 Å². The number of piperazine rings is 1. The van der Waals surface area contributed by atoms with E-state index in [0.29, 0.717) is 25.6 Å². The van der Waals surface area contributed by atoms with Gasteiger partial charge in [0.2, 0.25) is 10.0 Å². The minimum Gasteiger partial charge on any atom is -0.338 e. The number of halogens is 1. The Balaban J connectivity index is 1.19. The molecule has 2 aromatic rings. The number of likely N-dealkylation sites (tertiary alicyclic amines) is 1. The predicted octanol–water partition coefficient (Wildman–Crippen LogP) is 3.33. The second kappa shape index (κ2) is 10.5. The average molecular weight is 497 g/mol. The molecule has 0 saturated carbocycles. The topological polar surface area (TPSA) is 73.0 Å². The molecule has 0 aliphatic carbocycles. The molecule has 32 heavy (non-hydrogen) atoms. The minimum absolute atomic E-state index is 0.110. The summed E-state index contributed by atoms with van der Waals surface area (Å²) in [6.07, 6.45) is 2.16. The first-order chi connectivity index (χ1) is 15.4. The van der Waals surface area contributed by atoms with Crippen LogP contribution in [0.15, 0.2) is 46.7 Å². The summed E-state index contributed by atoms with van der Waals surface area (Å²) < 4.78 is 27.1. The fourth-order valence-corrected chi connectivity index (χ4v) is 6.90. The first-order valence-corrected chi connectivity index (χ1v) is 13.7. The first-order valence-electron chi connectivity index (χ1n) is 11.0. The Kier molecular flexibility index (Phi) is 7.73. The van der Waals surface area contributed by atoms with Crippen molar-refractivity contribution in [2.24, 2.45) is 5.92 Å². The van der Waals surface area contributed by atoms with Gasteiger partial charge in [-0.3, -0.25) is 4.90 Å². The number of urea groups is 1. The van der Waals surface area contributed by atoms with Crippen LogP contribution >= 0.6 is 22.9 Å². The van der Waals surface area contributed by atoms with Gasteiger partial charge in [0.15, 0.2) is 0 Å². The highest BCUT2D eigenvalue weighted by atomic mass is 35.5. The molecule has 2 amide bonds. The molecule has 2 saturated heterocycles. The largest absolute Gasteiger partial charge is 0.338 e. The molecule has 10 heteroatoms. The van der Waals surface area contributed by atoms with Crippen LogP contribution < -0.4 is 5.32 Å². The molecule has 174 valence electrons. The molecule has 1 N–H and O–H groups in total. The number of sulfonamides is 1. The number of amides is 2. The Hall–Kier alpha value is -1.65. The zero-order valence-electron chi connectivity index (χ0n) is 18.0. The van der Waals surface area contributed by atoms with Gasteiger partial charge in [-0.15, -0.1) is 11.3 Å². The maximum absolute atomic E-state index is 12.9. The quantitative estimate of drug-likeness (QED) is 0.665. The molecular weight excluding hydrogens is 468 g/mol. The number of piperidine rings is 1. The first kappa shape index (κ1) is 23.5. The third-order valence-electron chi connectivity index (χ3n) is 6.19. The molecule has 0 spiro atoms. The SMILES string of the molecule is O=C(NCC1CCN(Cc2cccs2)CC1)N1CCN(S(=O)(=O)c2ccccc2Cl)CC1. The van der Waals surface area contributed by atoms with Crippen LogP contribution in [0.25, 0.3) is 0 Å². The number of hydrogen-bond acceptors (Lipinski definition) is 5. The molecule has 7 nitrogen and oxygen atoms in total. The van der Waals surface area contributed by atoms with Gasteiger partial charge >= 0.3 is 6.03 Å². The average Bonchev–Trinajstić information content (AvgIpc) is 3.32. The number of nitrogens with one attached hydrogen (secondary N) is 1. The van der Waals surface area contributed by atoms with E-state index in [1.54, 1.807) is 34.4 Å². The van der Waals surface area contributed by atoms with Crippen LogP contribution in [0.2, 0.25) is 5.02 Å². The zero-order valence-corrected chi connectivity index (χ0v) is 20.3. The van der Waals surface area contributed by atoms with E-state index in [1.165, 1.54) is 15.2 Å². The van der Waals surface area contributed by atoms with Gasteiger partial charge in [0.1, 0.15) is 4.90 Å². The summed E-state index contributed by atoms with van der Waals surface area (Å²) in [4.78, 5) is 18.3. The van der Waals surface area contributed by atoms with E-state index in [2.05, 4.69) is 27.7 Å². The summed E-state index contributed by atoms with van der Waals surface area (Å²) in [6.45, 7) is 5.06. The van der Waals surface area contributed by atoms with Crippen molar-refractivity contribution < 1.29 is 13.2 Å². The van der Waals surface area contributed by atoms with Gasteiger partial charge in [-0.1, -0.05) is 29.8 Å². The summed E-state index contributed by atoms with van der Waals surface area (Å²) in [5.41, 5.74) is 0. The van der Waals surface area contributed by atoms with Crippen LogP contribution in [0.5, 0.6) is 0 Å². The number of nitrogens with zero attached hydrogens (tertiary/aromatic N) is 3. The van der Waals surface area contributed by atoms with Crippen molar-refractivity contribution in [1.82, 2.24) is 19.4 Å².